The molecule has 84 heavy (non-hydrogen) atoms. The molecule has 0 radical (unpaired) electrons. The van der Waals surface area contributed by atoms with Gasteiger partial charge in [-0.3, -0.25) is 9.59 Å². The molecule has 0 spiro atoms. The molecule has 11 rings (SSSR count). The van der Waals surface area contributed by atoms with E-state index in [2.05, 4.69) is 88.8 Å². The van der Waals surface area contributed by atoms with Crippen molar-refractivity contribution in [2.24, 2.45) is 15.0 Å². The fourth-order valence-corrected chi connectivity index (χ4v) is 10.4. The lowest BCUT2D eigenvalue weighted by molar-refractivity contribution is -0.143. The highest BCUT2D eigenvalue weighted by atomic mass is 16.5. The van der Waals surface area contributed by atoms with E-state index in [0.29, 0.717) is 102 Å². The van der Waals surface area contributed by atoms with Crippen LogP contribution in [0.3, 0.4) is 0 Å². The highest BCUT2D eigenvalue weighted by molar-refractivity contribution is 6.31. The average Bonchev–Trinajstić information content (AvgIpc) is 3.40. The van der Waals surface area contributed by atoms with Crippen molar-refractivity contribution in [2.75, 3.05) is 46.7 Å². The Bertz CT molecular complexity index is 3990. The van der Waals surface area contributed by atoms with Crippen LogP contribution in [-0.2, 0) is 41.4 Å². The number of aromatic nitrogens is 5. The first-order valence-electron chi connectivity index (χ1n) is 27.8. The van der Waals surface area contributed by atoms with Gasteiger partial charge in [0.1, 0.15) is 19.0 Å². The third kappa shape index (κ3) is 12.3. The molecule has 7 aliphatic heterocycles. The number of hydrogen-bond acceptors (Lipinski definition) is 13. The molecule has 4 aromatic heterocycles. The molecule has 0 saturated heterocycles. The molecular weight excluding hydrogens is 1050 g/mol. The van der Waals surface area contributed by atoms with E-state index >= 15 is 0 Å². The molecule has 420 valence electrons. The molecule has 4 aromatic rings. The number of H-pyrrole nitrogens is 3. The normalized spacial score (nSPS) is 16.2. The molecule has 16 bridgehead atoms. The van der Waals surface area contributed by atoms with Crippen LogP contribution in [0.1, 0.15) is 76.5 Å². The summed E-state index contributed by atoms with van der Waals surface area (Å²) in [4.78, 5) is 65.9. The van der Waals surface area contributed by atoms with Gasteiger partial charge in [0.2, 0.25) is 0 Å². The van der Waals surface area contributed by atoms with E-state index in [1.807, 2.05) is 97.2 Å². The lowest BCUT2D eigenvalue weighted by Gasteiger charge is -2.17. The molecule has 4 N–H and O–H groups in total. The van der Waals surface area contributed by atoms with Gasteiger partial charge in [-0.1, -0.05) is 49.3 Å². The Hall–Kier alpha value is -10.2. The van der Waals surface area contributed by atoms with E-state index in [0.717, 1.165) is 78.5 Å². The number of nitrogens with zero attached hydrogens (tertiary/aromatic N) is 6. The van der Waals surface area contributed by atoms with Crippen molar-refractivity contribution in [3.05, 3.63) is 227 Å². The van der Waals surface area contributed by atoms with E-state index in [-0.39, 0.29) is 44.4 Å². The first-order chi connectivity index (χ1) is 41.2. The Morgan fingerprint density at radius 1 is 0.560 bits per heavy atom. The molecule has 0 atom stereocenters. The fraction of sp³-hybridized carbons (Fsp3) is 0.191. The number of esters is 2. The Morgan fingerprint density at radius 2 is 1.10 bits per heavy atom. The Labute approximate surface area is 487 Å². The third-order valence-electron chi connectivity index (χ3n) is 14.5. The molecule has 0 aliphatic carbocycles. The summed E-state index contributed by atoms with van der Waals surface area (Å²) in [5, 5.41) is 3.41. The maximum atomic E-state index is 13.2. The summed E-state index contributed by atoms with van der Waals surface area (Å²) < 4.78 is 22.8. The smallest absolute Gasteiger partial charge is 0.306 e. The van der Waals surface area contributed by atoms with Gasteiger partial charge < -0.3 is 44.1 Å². The SMILES string of the molecule is C=CCOCCc1c2nc(c(C#CC3=C4C=CC(=N4)C(CCC(=O)OCC=C)=C4C=CC(=N4)/C(=C4\NC=CN4C)c4ccc([nH]4)C(CCC(=O)OCC=C)=C4C=CC3=N4)c3nc(c(CCOCC=C)c4ccc(cc5ccc1[nH]5)[nH]4)C=C3)C=C2. The number of rotatable bonds is 20. The van der Waals surface area contributed by atoms with Crippen LogP contribution >= 0.6 is 0 Å². The van der Waals surface area contributed by atoms with Gasteiger partial charge in [0.05, 0.1) is 106 Å². The van der Waals surface area contributed by atoms with Crippen LogP contribution in [0.4, 0.5) is 0 Å². The van der Waals surface area contributed by atoms with E-state index < -0.39 is 0 Å². The van der Waals surface area contributed by atoms with Crippen molar-refractivity contribution in [3.63, 3.8) is 0 Å². The zero-order valence-corrected chi connectivity index (χ0v) is 46.7. The van der Waals surface area contributed by atoms with Gasteiger partial charge in [0.25, 0.3) is 0 Å². The van der Waals surface area contributed by atoms with Crippen LogP contribution in [0.5, 0.6) is 0 Å². The number of carbonyl (C=O) groups excluding carboxylic acids is 2. The van der Waals surface area contributed by atoms with Crippen molar-refractivity contribution in [3.8, 4) is 11.8 Å². The molecule has 0 unspecified atom stereocenters. The standard InChI is InChI=1S/C68H62N10O6/c1-6-36-81-40-32-49-51-16-10-43(70-51)42-44-11-17-52(71-44)50(33-41-82-37-7-2)62-25-23-56(75-62)46(55-22-24-61(49)74-55)13-12-45-53-18-20-57(72-53)47(14-30-65(79)83-38-8-3)59-26-28-63(76-59)67(68-69-34-35-78(68)5)64-29-27-60(77-64)48(58-21-19-54(45)73-58)15-31-66(80)84-39-9-4/h6-11,16-29,34-35,42,69-71,76H,1-4,14-15,30-33,36-41H2,5H3/b43-42?,44-42?,51-49?,52-50?,54-45?,55-46?,56-46?,57-47?,60-48?,61-49?,62-50?,68-67+. The highest BCUT2D eigenvalue weighted by Crippen LogP contribution is 2.36. The van der Waals surface area contributed by atoms with Crippen molar-refractivity contribution < 1.29 is 28.5 Å². The van der Waals surface area contributed by atoms with Crippen molar-refractivity contribution in [1.82, 2.24) is 35.1 Å². The van der Waals surface area contributed by atoms with Crippen molar-refractivity contribution in [2.45, 2.75) is 38.5 Å². The van der Waals surface area contributed by atoms with Gasteiger partial charge in [-0.25, -0.2) is 24.9 Å². The Morgan fingerprint density at radius 3 is 1.70 bits per heavy atom. The van der Waals surface area contributed by atoms with Crippen LogP contribution in [0.2, 0.25) is 0 Å². The maximum Gasteiger partial charge on any atom is 0.306 e. The molecular formula is C68H62N10O6. The Kier molecular flexibility index (Phi) is 17.0. The zero-order valence-electron chi connectivity index (χ0n) is 46.7. The van der Waals surface area contributed by atoms with E-state index in [1.54, 1.807) is 24.3 Å². The molecule has 0 amide bonds. The fourth-order valence-electron chi connectivity index (χ4n) is 10.4. The van der Waals surface area contributed by atoms with Crippen LogP contribution in [0, 0.1) is 11.8 Å². The molecule has 7 aliphatic rings. The minimum atomic E-state index is -0.379. The predicted molar refractivity (Wildman–Crippen MR) is 334 cm³/mol. The first kappa shape index (κ1) is 55.7. The zero-order chi connectivity index (χ0) is 57.9. The van der Waals surface area contributed by atoms with Gasteiger partial charge in [-0.05, 0) is 129 Å². The summed E-state index contributed by atoms with van der Waals surface area (Å²) in [5.41, 5.74) is 16.8. The number of aromatic amines is 3. The molecule has 0 fully saturated rings. The molecule has 0 saturated carbocycles. The summed E-state index contributed by atoms with van der Waals surface area (Å²) in [6, 6.07) is 14.3. The van der Waals surface area contributed by atoms with E-state index in [4.69, 9.17) is 43.9 Å². The third-order valence-corrected chi connectivity index (χ3v) is 14.5. The number of ether oxygens (including phenoxy) is 4. The quantitative estimate of drug-likeness (QED) is 0.0247. The summed E-state index contributed by atoms with van der Waals surface area (Å²) >= 11 is 0. The van der Waals surface area contributed by atoms with Crippen LogP contribution in [0.15, 0.2) is 191 Å². The van der Waals surface area contributed by atoms with E-state index in [1.165, 1.54) is 0 Å². The second-order valence-corrected chi connectivity index (χ2v) is 20.0. The number of nitrogens with one attached hydrogen (secondary N) is 4. The number of hydrogen-bond donors (Lipinski definition) is 4. The predicted octanol–water partition coefficient (Wildman–Crippen LogP) is 11.5. The number of fused-ring (bicyclic) bond motifs is 13. The minimum Gasteiger partial charge on any atom is -0.461 e. The molecule has 16 nitrogen and oxygen atoms in total. The monoisotopic (exact) mass is 1110 g/mol. The van der Waals surface area contributed by atoms with Gasteiger partial charge in [-0.2, -0.15) is 0 Å². The lowest BCUT2D eigenvalue weighted by Crippen LogP contribution is -2.19. The van der Waals surface area contributed by atoms with Gasteiger partial charge in [0, 0.05) is 82.3 Å². The van der Waals surface area contributed by atoms with Crippen LogP contribution in [0.25, 0.3) is 57.5 Å². The van der Waals surface area contributed by atoms with Gasteiger partial charge >= 0.3 is 11.9 Å². The number of aliphatic imine (C=N–C) groups is 3. The largest absolute Gasteiger partial charge is 0.461 e. The molecule has 0 aromatic carbocycles. The topological polar surface area (TPSA) is 197 Å². The van der Waals surface area contributed by atoms with E-state index in [9.17, 15) is 9.59 Å². The Balaban J connectivity index is 1.14. The van der Waals surface area contributed by atoms with Crippen LogP contribution < -0.4 is 5.32 Å². The first-order valence-corrected chi connectivity index (χ1v) is 27.8. The average molecular weight is 1120 g/mol. The minimum absolute atomic E-state index is 0.0671. The number of allylic oxidation sites excluding steroid dienone is 10. The molecule has 11 heterocycles. The summed E-state index contributed by atoms with van der Waals surface area (Å²) in [6.07, 6.45) is 31.8. The summed E-state index contributed by atoms with van der Waals surface area (Å²) in [5.74, 6) is 7.21. The number of carbonyl (C=O) groups is 2. The second kappa shape index (κ2) is 25.7. The van der Waals surface area contributed by atoms with Gasteiger partial charge in [-0.15, -0.1) is 13.2 Å². The lowest BCUT2D eigenvalue weighted by atomic mass is 10.0. The van der Waals surface area contributed by atoms with Crippen LogP contribution in [-0.4, -0.2) is 106 Å². The second-order valence-electron chi connectivity index (χ2n) is 20.0. The summed E-state index contributed by atoms with van der Waals surface area (Å²) in [7, 11) is 1.96. The molecule has 16 heteroatoms. The van der Waals surface area contributed by atoms with Gasteiger partial charge in [0.15, 0.2) is 0 Å². The van der Waals surface area contributed by atoms with Crippen molar-refractivity contribution in [1.29, 1.82) is 0 Å². The van der Waals surface area contributed by atoms with Crippen molar-refractivity contribution >= 4 is 86.6 Å². The summed E-state index contributed by atoms with van der Waals surface area (Å²) in [6.45, 7) is 17.0. The highest BCUT2D eigenvalue weighted by Gasteiger charge is 2.28. The maximum absolute atomic E-state index is 13.2.